The number of hydrogen-bond acceptors (Lipinski definition) is 2. The zero-order valence-corrected chi connectivity index (χ0v) is 10.00. The summed E-state index contributed by atoms with van der Waals surface area (Å²) in [6.07, 6.45) is 0.409. The first-order valence-corrected chi connectivity index (χ1v) is 5.68. The van der Waals surface area contributed by atoms with E-state index in [9.17, 15) is 9.18 Å². The standard InChI is InChI=1S/C11H11BrFNO2/c12-7-1-2-9(13)8(3-7)11(10(14)16)4-6(11)5-15/h1-3,6,15H,4-5H2,(H2,14,16)/t6-,11+/m1/s1. The van der Waals surface area contributed by atoms with Crippen molar-refractivity contribution in [3.63, 3.8) is 0 Å². The molecule has 0 bridgehead atoms. The molecule has 2 atom stereocenters. The van der Waals surface area contributed by atoms with E-state index in [0.29, 0.717) is 10.9 Å². The van der Waals surface area contributed by atoms with E-state index in [1.54, 1.807) is 12.1 Å². The van der Waals surface area contributed by atoms with Gasteiger partial charge in [-0.25, -0.2) is 4.39 Å². The summed E-state index contributed by atoms with van der Waals surface area (Å²) in [5.41, 5.74) is 4.56. The molecule has 1 saturated carbocycles. The van der Waals surface area contributed by atoms with Gasteiger partial charge in [0.05, 0.1) is 5.41 Å². The molecule has 0 heterocycles. The third-order valence-electron chi connectivity index (χ3n) is 3.17. The van der Waals surface area contributed by atoms with Crippen molar-refractivity contribution in [3.05, 3.63) is 34.1 Å². The Hall–Kier alpha value is -0.940. The summed E-state index contributed by atoms with van der Waals surface area (Å²) >= 11 is 3.23. The number of carbonyl (C=O) groups is 1. The van der Waals surface area contributed by atoms with Crippen LogP contribution in [0.4, 0.5) is 4.39 Å². The van der Waals surface area contributed by atoms with Gasteiger partial charge in [-0.05, 0) is 24.6 Å². The number of halogens is 2. The quantitative estimate of drug-likeness (QED) is 0.881. The van der Waals surface area contributed by atoms with E-state index in [1.807, 2.05) is 0 Å². The Kier molecular flexibility index (Phi) is 2.75. The fourth-order valence-corrected chi connectivity index (χ4v) is 2.51. The van der Waals surface area contributed by atoms with Crippen LogP contribution in [-0.2, 0) is 10.2 Å². The van der Waals surface area contributed by atoms with Crippen molar-refractivity contribution in [2.75, 3.05) is 6.61 Å². The van der Waals surface area contributed by atoms with E-state index in [0.717, 1.165) is 0 Å². The second kappa shape index (κ2) is 3.82. The molecular weight excluding hydrogens is 277 g/mol. The van der Waals surface area contributed by atoms with Gasteiger partial charge in [-0.2, -0.15) is 0 Å². The number of primary amides is 1. The second-order valence-corrected chi connectivity index (χ2v) is 4.96. The topological polar surface area (TPSA) is 63.3 Å². The molecule has 86 valence electrons. The summed E-state index contributed by atoms with van der Waals surface area (Å²) in [6.45, 7) is -0.158. The molecule has 0 spiro atoms. The number of nitrogens with two attached hydrogens (primary N) is 1. The van der Waals surface area contributed by atoms with E-state index >= 15 is 0 Å². The lowest BCUT2D eigenvalue weighted by Gasteiger charge is -2.14. The van der Waals surface area contributed by atoms with Crippen molar-refractivity contribution < 1.29 is 14.3 Å². The van der Waals surface area contributed by atoms with Crippen LogP contribution in [0, 0.1) is 11.7 Å². The molecule has 3 N–H and O–H groups in total. The maximum Gasteiger partial charge on any atom is 0.228 e. The van der Waals surface area contributed by atoms with Gasteiger partial charge in [-0.3, -0.25) is 4.79 Å². The molecule has 1 fully saturated rings. The van der Waals surface area contributed by atoms with Gasteiger partial charge in [0.2, 0.25) is 5.91 Å². The summed E-state index contributed by atoms with van der Waals surface area (Å²) in [5.74, 6) is -1.31. The minimum absolute atomic E-state index is 0.158. The average Bonchev–Trinajstić information content (AvgIpc) is 2.97. The Balaban J connectivity index is 2.50. The van der Waals surface area contributed by atoms with E-state index in [-0.39, 0.29) is 18.1 Å². The van der Waals surface area contributed by atoms with Crippen LogP contribution in [0.1, 0.15) is 12.0 Å². The third kappa shape index (κ3) is 1.55. The summed E-state index contributed by atoms with van der Waals surface area (Å²) in [7, 11) is 0. The van der Waals surface area contributed by atoms with E-state index in [1.165, 1.54) is 6.07 Å². The number of rotatable bonds is 3. The highest BCUT2D eigenvalue weighted by atomic mass is 79.9. The van der Waals surface area contributed by atoms with Crippen molar-refractivity contribution in [2.24, 2.45) is 11.7 Å². The first-order valence-electron chi connectivity index (χ1n) is 4.88. The van der Waals surface area contributed by atoms with Gasteiger partial charge in [-0.15, -0.1) is 0 Å². The molecule has 0 aliphatic heterocycles. The van der Waals surface area contributed by atoms with E-state index in [4.69, 9.17) is 10.8 Å². The SMILES string of the molecule is NC(=O)[C@@]1(c2cc(Br)ccc2F)C[C@@H]1CO. The van der Waals surface area contributed by atoms with Crippen molar-refractivity contribution >= 4 is 21.8 Å². The van der Waals surface area contributed by atoms with Gasteiger partial charge >= 0.3 is 0 Å². The van der Waals surface area contributed by atoms with Crippen LogP contribution in [0.15, 0.2) is 22.7 Å². The molecule has 5 heteroatoms. The molecular formula is C11H11BrFNO2. The van der Waals surface area contributed by atoms with E-state index < -0.39 is 17.1 Å². The molecule has 1 aliphatic carbocycles. The highest BCUT2D eigenvalue weighted by molar-refractivity contribution is 9.10. The smallest absolute Gasteiger partial charge is 0.228 e. The van der Waals surface area contributed by atoms with E-state index in [2.05, 4.69) is 15.9 Å². The molecule has 3 nitrogen and oxygen atoms in total. The van der Waals surface area contributed by atoms with Crippen molar-refractivity contribution in [2.45, 2.75) is 11.8 Å². The Bertz CT molecular complexity index is 452. The van der Waals surface area contributed by atoms with Gasteiger partial charge in [0.25, 0.3) is 0 Å². The monoisotopic (exact) mass is 287 g/mol. The first kappa shape index (κ1) is 11.5. The van der Waals surface area contributed by atoms with Gasteiger partial charge in [0.1, 0.15) is 5.82 Å². The van der Waals surface area contributed by atoms with Crippen LogP contribution in [0.25, 0.3) is 0 Å². The molecule has 1 amide bonds. The van der Waals surface area contributed by atoms with Crippen LogP contribution in [0.3, 0.4) is 0 Å². The highest BCUT2D eigenvalue weighted by Gasteiger charge is 2.60. The van der Waals surface area contributed by atoms with Gasteiger partial charge in [0.15, 0.2) is 0 Å². The highest BCUT2D eigenvalue weighted by Crippen LogP contribution is 2.54. The Morgan fingerprint density at radius 2 is 2.38 bits per heavy atom. The van der Waals surface area contributed by atoms with Crippen LogP contribution >= 0.6 is 15.9 Å². The maximum absolute atomic E-state index is 13.7. The number of benzene rings is 1. The average molecular weight is 288 g/mol. The summed E-state index contributed by atoms with van der Waals surface area (Å²) in [5, 5.41) is 9.07. The van der Waals surface area contributed by atoms with Crippen LogP contribution < -0.4 is 5.73 Å². The molecule has 1 aromatic rings. The Morgan fingerprint density at radius 3 is 2.88 bits per heavy atom. The zero-order valence-electron chi connectivity index (χ0n) is 8.41. The molecule has 1 aromatic carbocycles. The van der Waals surface area contributed by atoms with Crippen LogP contribution in [0.5, 0.6) is 0 Å². The minimum atomic E-state index is -1.03. The second-order valence-electron chi connectivity index (χ2n) is 4.04. The summed E-state index contributed by atoms with van der Waals surface area (Å²) < 4.78 is 14.4. The molecule has 0 saturated heterocycles. The lowest BCUT2D eigenvalue weighted by molar-refractivity contribution is -0.121. The maximum atomic E-state index is 13.7. The number of aliphatic hydroxyl groups is 1. The number of aliphatic hydroxyl groups excluding tert-OH is 1. The van der Waals surface area contributed by atoms with Gasteiger partial charge in [0, 0.05) is 22.6 Å². The molecule has 0 unspecified atom stereocenters. The predicted octanol–water partition coefficient (Wildman–Crippen LogP) is 1.32. The van der Waals surface area contributed by atoms with Crippen molar-refractivity contribution in [3.8, 4) is 0 Å². The third-order valence-corrected chi connectivity index (χ3v) is 3.67. The fourth-order valence-electron chi connectivity index (χ4n) is 2.15. The first-order chi connectivity index (χ1) is 7.52. The lowest BCUT2D eigenvalue weighted by atomic mass is 9.92. The lowest BCUT2D eigenvalue weighted by Crippen LogP contribution is -2.32. The molecule has 0 radical (unpaired) electrons. The minimum Gasteiger partial charge on any atom is -0.396 e. The summed E-state index contributed by atoms with van der Waals surface area (Å²) in [4.78, 5) is 11.4. The number of amides is 1. The predicted molar refractivity (Wildman–Crippen MR) is 60.2 cm³/mol. The van der Waals surface area contributed by atoms with Gasteiger partial charge in [-0.1, -0.05) is 15.9 Å². The normalized spacial score (nSPS) is 27.8. The Morgan fingerprint density at radius 1 is 1.69 bits per heavy atom. The van der Waals surface area contributed by atoms with Crippen LogP contribution in [-0.4, -0.2) is 17.6 Å². The molecule has 1 aliphatic rings. The van der Waals surface area contributed by atoms with Crippen molar-refractivity contribution in [1.82, 2.24) is 0 Å². The molecule has 2 rings (SSSR count). The largest absolute Gasteiger partial charge is 0.396 e. The molecule has 16 heavy (non-hydrogen) atoms. The van der Waals surface area contributed by atoms with Gasteiger partial charge < -0.3 is 10.8 Å². The fraction of sp³-hybridized carbons (Fsp3) is 0.364. The van der Waals surface area contributed by atoms with Crippen LogP contribution in [0.2, 0.25) is 0 Å². The summed E-state index contributed by atoms with van der Waals surface area (Å²) in [6, 6.07) is 4.40. The van der Waals surface area contributed by atoms with Crippen molar-refractivity contribution in [1.29, 1.82) is 0 Å². The molecule has 0 aromatic heterocycles. The number of carbonyl (C=O) groups excluding carboxylic acids is 1. The Labute approximate surface area is 101 Å². The number of hydrogen-bond donors (Lipinski definition) is 2. The zero-order chi connectivity index (χ0) is 11.9.